The summed E-state index contributed by atoms with van der Waals surface area (Å²) in [5, 5.41) is 23.3. The number of hydrogen-bond donors (Lipinski definition) is 1. The van der Waals surface area contributed by atoms with E-state index in [-0.39, 0.29) is 47.1 Å². The minimum Gasteiger partial charge on any atom is -0.543 e. The number of hydrogen-bond acceptors (Lipinski definition) is 7. The number of ketones is 1. The zero-order valence-electron chi connectivity index (χ0n) is 15.1. The standard InChI is InChI=1S/C17H17N3O5S.Na/c1-3-11(22)13-16-19(6-18-13)10(5-26-16)8-4-9-12(7(2)21)15(23)20(9)14(8)17(24)25;/h5-7,9,12,21H,3-4H2,1-2H3,(H,24,25);/q;+1/p-1/t7-,9-,12-;/m1./s1. The van der Waals surface area contributed by atoms with Gasteiger partial charge in [-0.25, -0.2) is 4.98 Å². The molecule has 0 unspecified atom stereocenters. The second-order valence-corrected chi connectivity index (χ2v) is 7.38. The maximum Gasteiger partial charge on any atom is 1.00 e. The number of nitrogens with zero attached hydrogens (tertiary/aromatic N) is 3. The first kappa shape index (κ1) is 20.2. The molecule has 2 aromatic heterocycles. The number of carboxylic acid groups (broad SMARTS) is 1. The Morgan fingerprint density at radius 1 is 1.48 bits per heavy atom. The average molecular weight is 397 g/mol. The largest absolute Gasteiger partial charge is 1.00 e. The van der Waals surface area contributed by atoms with E-state index in [1.54, 1.807) is 16.7 Å². The van der Waals surface area contributed by atoms with E-state index >= 15 is 0 Å². The molecule has 10 heteroatoms. The van der Waals surface area contributed by atoms with Gasteiger partial charge in [0.15, 0.2) is 5.78 Å². The van der Waals surface area contributed by atoms with Crippen molar-refractivity contribution in [2.24, 2.45) is 5.92 Å². The van der Waals surface area contributed by atoms with E-state index in [1.165, 1.54) is 29.5 Å². The van der Waals surface area contributed by atoms with E-state index in [0.29, 0.717) is 34.6 Å². The van der Waals surface area contributed by atoms with E-state index in [2.05, 4.69) is 4.98 Å². The molecule has 0 aliphatic carbocycles. The quantitative estimate of drug-likeness (QED) is 0.328. The second-order valence-electron chi connectivity index (χ2n) is 6.53. The van der Waals surface area contributed by atoms with E-state index in [0.717, 1.165) is 0 Å². The van der Waals surface area contributed by atoms with Gasteiger partial charge in [0.25, 0.3) is 0 Å². The van der Waals surface area contributed by atoms with Gasteiger partial charge < -0.3 is 19.9 Å². The van der Waals surface area contributed by atoms with Gasteiger partial charge in [0.2, 0.25) is 5.91 Å². The average Bonchev–Trinajstić information content (AvgIpc) is 3.24. The molecule has 4 heterocycles. The van der Waals surface area contributed by atoms with Crippen LogP contribution in [0.4, 0.5) is 0 Å². The van der Waals surface area contributed by atoms with Crippen LogP contribution in [0.15, 0.2) is 17.4 Å². The molecule has 2 aliphatic heterocycles. The van der Waals surface area contributed by atoms with Crippen LogP contribution < -0.4 is 34.7 Å². The van der Waals surface area contributed by atoms with Gasteiger partial charge in [-0.05, 0) is 13.3 Å². The molecule has 0 bridgehead atoms. The molecule has 0 spiro atoms. The fourth-order valence-corrected chi connectivity index (χ4v) is 4.87. The van der Waals surface area contributed by atoms with Crippen molar-refractivity contribution in [3.63, 3.8) is 0 Å². The predicted octanol–water partition coefficient (Wildman–Crippen LogP) is -2.93. The van der Waals surface area contributed by atoms with Gasteiger partial charge >= 0.3 is 29.6 Å². The van der Waals surface area contributed by atoms with Crippen LogP contribution in [0.1, 0.15) is 42.9 Å². The molecule has 136 valence electrons. The molecule has 0 saturated carbocycles. The molecular formula is C17H16N3NaO5S. The molecule has 8 nitrogen and oxygen atoms in total. The number of carbonyl (C=O) groups excluding carboxylic acids is 3. The van der Waals surface area contributed by atoms with Crippen LogP contribution in [0, 0.1) is 5.92 Å². The second kappa shape index (κ2) is 7.14. The number of aliphatic hydroxyl groups excluding tert-OH is 1. The van der Waals surface area contributed by atoms with E-state index in [4.69, 9.17) is 0 Å². The van der Waals surface area contributed by atoms with Gasteiger partial charge in [-0.1, -0.05) is 6.92 Å². The minimum atomic E-state index is -1.43. The van der Waals surface area contributed by atoms with Crippen molar-refractivity contribution >= 4 is 39.4 Å². The summed E-state index contributed by atoms with van der Waals surface area (Å²) in [7, 11) is 0. The fraction of sp³-hybridized carbons (Fsp3) is 0.412. The number of aliphatic carboxylic acids is 1. The van der Waals surface area contributed by atoms with Gasteiger partial charge in [0, 0.05) is 17.4 Å². The number of aliphatic hydroxyl groups is 1. The third kappa shape index (κ3) is 2.80. The Morgan fingerprint density at radius 3 is 2.78 bits per heavy atom. The van der Waals surface area contributed by atoms with Gasteiger partial charge in [-0.2, -0.15) is 0 Å². The first-order chi connectivity index (χ1) is 12.4. The van der Waals surface area contributed by atoms with Crippen molar-refractivity contribution in [1.82, 2.24) is 14.3 Å². The van der Waals surface area contributed by atoms with Crippen LogP contribution >= 0.6 is 11.3 Å². The SMILES string of the molecule is CCC(=O)c1ncn2c(C3=C(C(=O)[O-])N4C(=O)[C@H]([C@@H](C)O)[C@H]4C3)csc12.[Na+]. The molecule has 1 amide bonds. The van der Waals surface area contributed by atoms with E-state index < -0.39 is 23.9 Å². The van der Waals surface area contributed by atoms with Gasteiger partial charge in [0.05, 0.1) is 35.4 Å². The molecule has 0 radical (unpaired) electrons. The number of Topliss-reactive ketones (excluding diaryl/α,β-unsaturated/α-hetero) is 1. The van der Waals surface area contributed by atoms with Crippen LogP contribution in [0.2, 0.25) is 0 Å². The van der Waals surface area contributed by atoms with Crippen molar-refractivity contribution in [1.29, 1.82) is 0 Å². The normalized spacial score (nSPS) is 22.5. The Kier molecular flexibility index (Phi) is 5.35. The van der Waals surface area contributed by atoms with Crippen LogP contribution in [-0.4, -0.2) is 49.2 Å². The first-order valence-electron chi connectivity index (χ1n) is 8.30. The Labute approximate surface area is 180 Å². The van der Waals surface area contributed by atoms with Crippen LogP contribution in [0.3, 0.4) is 0 Å². The number of thiazole rings is 1. The topological polar surface area (TPSA) is 115 Å². The monoisotopic (exact) mass is 397 g/mol. The predicted molar refractivity (Wildman–Crippen MR) is 90.0 cm³/mol. The number of imidazole rings is 1. The maximum absolute atomic E-state index is 12.3. The zero-order valence-corrected chi connectivity index (χ0v) is 17.9. The fourth-order valence-electron chi connectivity index (χ4n) is 3.85. The Bertz CT molecular complexity index is 992. The maximum atomic E-state index is 12.3. The molecule has 2 aliphatic rings. The van der Waals surface area contributed by atoms with Crippen LogP contribution in [0.5, 0.6) is 0 Å². The van der Waals surface area contributed by atoms with Crippen molar-refractivity contribution in [2.75, 3.05) is 0 Å². The van der Waals surface area contributed by atoms with Crippen molar-refractivity contribution in [3.05, 3.63) is 28.8 Å². The minimum absolute atomic E-state index is 0. The molecule has 27 heavy (non-hydrogen) atoms. The van der Waals surface area contributed by atoms with Crippen molar-refractivity contribution < 1.29 is 54.2 Å². The van der Waals surface area contributed by atoms with Gasteiger partial charge in [-0.15, -0.1) is 11.3 Å². The number of aromatic nitrogens is 2. The summed E-state index contributed by atoms with van der Waals surface area (Å²) in [5.41, 5.74) is 1.25. The van der Waals surface area contributed by atoms with Crippen LogP contribution in [0.25, 0.3) is 10.4 Å². The third-order valence-electron chi connectivity index (χ3n) is 5.08. The third-order valence-corrected chi connectivity index (χ3v) is 6.04. The molecule has 0 aromatic carbocycles. The number of carboxylic acids is 1. The van der Waals surface area contributed by atoms with Crippen LogP contribution in [-0.2, 0) is 9.59 Å². The van der Waals surface area contributed by atoms with E-state index in [9.17, 15) is 24.6 Å². The smallest absolute Gasteiger partial charge is 0.543 e. The summed E-state index contributed by atoms with van der Waals surface area (Å²) in [6.07, 6.45) is 1.28. The summed E-state index contributed by atoms with van der Waals surface area (Å²) in [6.45, 7) is 3.28. The number of rotatable bonds is 5. The molecule has 4 rings (SSSR count). The molecule has 3 atom stereocenters. The number of amides is 1. The summed E-state index contributed by atoms with van der Waals surface area (Å²) in [4.78, 5) is 42.0. The zero-order chi connectivity index (χ0) is 18.7. The molecule has 1 fully saturated rings. The van der Waals surface area contributed by atoms with Gasteiger partial charge in [-0.3, -0.25) is 14.0 Å². The number of fused-ring (bicyclic) bond motifs is 2. The molecule has 1 saturated heterocycles. The van der Waals surface area contributed by atoms with Crippen molar-refractivity contribution in [3.8, 4) is 0 Å². The summed E-state index contributed by atoms with van der Waals surface area (Å²) in [5.74, 6) is -2.53. The summed E-state index contributed by atoms with van der Waals surface area (Å²) in [6, 6.07) is -0.388. The van der Waals surface area contributed by atoms with E-state index in [1.807, 2.05) is 0 Å². The first-order valence-corrected chi connectivity index (χ1v) is 9.18. The molecule has 2 aromatic rings. The van der Waals surface area contributed by atoms with Crippen molar-refractivity contribution in [2.45, 2.75) is 38.8 Å². The summed E-state index contributed by atoms with van der Waals surface area (Å²) < 4.78 is 1.68. The summed E-state index contributed by atoms with van der Waals surface area (Å²) >= 11 is 1.30. The molecular weight excluding hydrogens is 381 g/mol. The van der Waals surface area contributed by atoms with Gasteiger partial charge in [0.1, 0.15) is 16.9 Å². The number of β-lactam (4-membered cyclic amide) rings is 1. The Hall–Kier alpha value is -1.52. The Morgan fingerprint density at radius 2 is 2.19 bits per heavy atom. The Balaban J connectivity index is 0.00000210. The molecule has 1 N–H and O–H groups in total. The number of carbonyl (C=O) groups is 3.